The molecule has 1 amide bonds. The minimum Gasteiger partial charge on any atom is -0.449 e. The molecule has 5 heteroatoms. The SMILES string of the molecule is CCCCC(CC)COC(=O)Nc1nc(-c2ccc3ccccc3c2)cs1. The lowest BCUT2D eigenvalue weighted by atomic mass is 10.0. The minimum atomic E-state index is -0.427. The van der Waals surface area contributed by atoms with E-state index < -0.39 is 6.09 Å². The number of amides is 1. The first kappa shape index (κ1) is 19.4. The van der Waals surface area contributed by atoms with Gasteiger partial charge in [-0.1, -0.05) is 69.5 Å². The summed E-state index contributed by atoms with van der Waals surface area (Å²) >= 11 is 1.41. The van der Waals surface area contributed by atoms with E-state index in [0.717, 1.165) is 24.1 Å². The van der Waals surface area contributed by atoms with Crippen LogP contribution in [0.2, 0.25) is 0 Å². The van der Waals surface area contributed by atoms with Crippen LogP contribution in [-0.4, -0.2) is 17.7 Å². The molecule has 0 fully saturated rings. The predicted octanol–water partition coefficient (Wildman–Crippen LogP) is 6.73. The highest BCUT2D eigenvalue weighted by molar-refractivity contribution is 7.14. The van der Waals surface area contributed by atoms with Crippen molar-refractivity contribution in [3.05, 3.63) is 47.8 Å². The number of hydrogen-bond acceptors (Lipinski definition) is 4. The molecule has 0 bridgehead atoms. The van der Waals surface area contributed by atoms with E-state index in [1.807, 2.05) is 17.5 Å². The van der Waals surface area contributed by atoms with Gasteiger partial charge in [0.2, 0.25) is 0 Å². The van der Waals surface area contributed by atoms with Gasteiger partial charge in [-0.05, 0) is 29.2 Å². The Balaban J connectivity index is 1.59. The molecule has 0 radical (unpaired) electrons. The number of rotatable bonds is 8. The Morgan fingerprint density at radius 1 is 1.19 bits per heavy atom. The van der Waals surface area contributed by atoms with Crippen LogP contribution in [0.1, 0.15) is 39.5 Å². The van der Waals surface area contributed by atoms with Gasteiger partial charge in [-0.3, -0.25) is 5.32 Å². The van der Waals surface area contributed by atoms with Crippen LogP contribution in [0.4, 0.5) is 9.93 Å². The van der Waals surface area contributed by atoms with Gasteiger partial charge in [-0.25, -0.2) is 9.78 Å². The molecule has 142 valence electrons. The van der Waals surface area contributed by atoms with Crippen molar-refractivity contribution in [1.29, 1.82) is 0 Å². The molecule has 0 spiro atoms. The van der Waals surface area contributed by atoms with Crippen molar-refractivity contribution in [3.8, 4) is 11.3 Å². The lowest BCUT2D eigenvalue weighted by Crippen LogP contribution is -2.18. The van der Waals surface area contributed by atoms with Crippen molar-refractivity contribution in [3.63, 3.8) is 0 Å². The number of fused-ring (bicyclic) bond motifs is 1. The molecule has 3 aromatic rings. The van der Waals surface area contributed by atoms with Crippen LogP contribution in [-0.2, 0) is 4.74 Å². The van der Waals surface area contributed by atoms with Gasteiger partial charge in [-0.2, -0.15) is 0 Å². The Kier molecular flexibility index (Phi) is 6.82. The number of benzene rings is 2. The average Bonchev–Trinajstić information content (AvgIpc) is 3.16. The lowest BCUT2D eigenvalue weighted by molar-refractivity contribution is 0.136. The van der Waals surface area contributed by atoms with Crippen LogP contribution >= 0.6 is 11.3 Å². The van der Waals surface area contributed by atoms with Crippen LogP contribution < -0.4 is 5.32 Å². The summed E-state index contributed by atoms with van der Waals surface area (Å²) in [5, 5.41) is 7.64. The number of nitrogens with one attached hydrogen (secondary N) is 1. The molecule has 27 heavy (non-hydrogen) atoms. The largest absolute Gasteiger partial charge is 0.449 e. The van der Waals surface area contributed by atoms with Gasteiger partial charge in [-0.15, -0.1) is 11.3 Å². The van der Waals surface area contributed by atoms with E-state index in [9.17, 15) is 4.79 Å². The normalized spacial score (nSPS) is 12.1. The van der Waals surface area contributed by atoms with Gasteiger partial charge in [0, 0.05) is 10.9 Å². The fourth-order valence-electron chi connectivity index (χ4n) is 3.03. The monoisotopic (exact) mass is 382 g/mol. The summed E-state index contributed by atoms with van der Waals surface area (Å²) in [6, 6.07) is 14.5. The van der Waals surface area contributed by atoms with Gasteiger partial charge in [0.1, 0.15) is 0 Å². The van der Waals surface area contributed by atoms with E-state index in [4.69, 9.17) is 4.74 Å². The Bertz CT molecular complexity index is 891. The fraction of sp³-hybridized carbons (Fsp3) is 0.364. The molecule has 2 aromatic carbocycles. The van der Waals surface area contributed by atoms with Crippen LogP contribution in [0.5, 0.6) is 0 Å². The van der Waals surface area contributed by atoms with Crippen LogP contribution in [0.25, 0.3) is 22.0 Å². The summed E-state index contributed by atoms with van der Waals surface area (Å²) in [7, 11) is 0. The standard InChI is InChI=1S/C22H26N2O2S/c1-3-5-8-16(4-2)14-26-22(25)24-21-23-20(15-27-21)19-12-11-17-9-6-7-10-18(17)13-19/h6-7,9-13,15-16H,3-5,8,14H2,1-2H3,(H,23,24,25). The second-order valence-corrected chi connectivity index (χ2v) is 7.60. The zero-order chi connectivity index (χ0) is 19.1. The third-order valence-corrected chi connectivity index (χ3v) is 5.51. The highest BCUT2D eigenvalue weighted by Crippen LogP contribution is 2.27. The Labute approximate surface area is 164 Å². The quantitative estimate of drug-likeness (QED) is 0.470. The van der Waals surface area contributed by atoms with E-state index in [1.165, 1.54) is 35.0 Å². The Morgan fingerprint density at radius 3 is 2.78 bits per heavy atom. The molecule has 1 atom stereocenters. The predicted molar refractivity (Wildman–Crippen MR) is 113 cm³/mol. The maximum Gasteiger partial charge on any atom is 0.413 e. The number of hydrogen-bond donors (Lipinski definition) is 1. The number of aromatic nitrogens is 1. The van der Waals surface area contributed by atoms with E-state index in [-0.39, 0.29) is 0 Å². The molecule has 3 rings (SSSR count). The van der Waals surface area contributed by atoms with Crippen LogP contribution in [0.3, 0.4) is 0 Å². The molecule has 1 N–H and O–H groups in total. The van der Waals surface area contributed by atoms with Crippen molar-refractivity contribution in [2.24, 2.45) is 5.92 Å². The van der Waals surface area contributed by atoms with E-state index in [2.05, 4.69) is 54.5 Å². The first-order chi connectivity index (χ1) is 13.2. The molecule has 1 aromatic heterocycles. The molecule has 4 nitrogen and oxygen atoms in total. The summed E-state index contributed by atoms with van der Waals surface area (Å²) in [6.45, 7) is 4.78. The van der Waals surface area contributed by atoms with Crippen molar-refractivity contribution >= 4 is 33.3 Å². The topological polar surface area (TPSA) is 51.2 Å². The van der Waals surface area contributed by atoms with Gasteiger partial charge in [0.25, 0.3) is 0 Å². The number of nitrogens with zero attached hydrogens (tertiary/aromatic N) is 1. The molecule has 0 aliphatic heterocycles. The van der Waals surface area contributed by atoms with Gasteiger partial charge in [0.05, 0.1) is 12.3 Å². The third kappa shape index (κ3) is 5.30. The lowest BCUT2D eigenvalue weighted by Gasteiger charge is -2.14. The molecule has 1 unspecified atom stereocenters. The Morgan fingerprint density at radius 2 is 2.00 bits per heavy atom. The van der Waals surface area contributed by atoms with Gasteiger partial charge in [0.15, 0.2) is 5.13 Å². The van der Waals surface area contributed by atoms with E-state index >= 15 is 0 Å². The highest BCUT2D eigenvalue weighted by atomic mass is 32.1. The van der Waals surface area contributed by atoms with Crippen molar-refractivity contribution in [2.45, 2.75) is 39.5 Å². The molecule has 0 aliphatic carbocycles. The summed E-state index contributed by atoms with van der Waals surface area (Å²) in [5.41, 5.74) is 1.90. The zero-order valence-corrected chi connectivity index (χ0v) is 16.7. The smallest absolute Gasteiger partial charge is 0.413 e. The number of carbonyl (C=O) groups is 1. The highest BCUT2D eigenvalue weighted by Gasteiger charge is 2.12. The maximum atomic E-state index is 12.1. The minimum absolute atomic E-state index is 0.427. The van der Waals surface area contributed by atoms with Crippen LogP contribution in [0.15, 0.2) is 47.8 Å². The molecule has 0 saturated carbocycles. The second-order valence-electron chi connectivity index (χ2n) is 6.74. The number of carbonyl (C=O) groups excluding carboxylic acids is 1. The van der Waals surface area contributed by atoms with Gasteiger partial charge < -0.3 is 4.74 Å². The first-order valence-electron chi connectivity index (χ1n) is 9.58. The fourth-order valence-corrected chi connectivity index (χ4v) is 3.73. The number of thiazole rings is 1. The molecular weight excluding hydrogens is 356 g/mol. The average molecular weight is 383 g/mol. The summed E-state index contributed by atoms with van der Waals surface area (Å²) < 4.78 is 5.39. The van der Waals surface area contributed by atoms with E-state index in [1.54, 1.807) is 0 Å². The Hall–Kier alpha value is -2.40. The maximum absolute atomic E-state index is 12.1. The van der Waals surface area contributed by atoms with Gasteiger partial charge >= 0.3 is 6.09 Å². The van der Waals surface area contributed by atoms with Crippen molar-refractivity contribution in [1.82, 2.24) is 4.98 Å². The summed E-state index contributed by atoms with van der Waals surface area (Å²) in [5.74, 6) is 0.431. The first-order valence-corrected chi connectivity index (χ1v) is 10.5. The van der Waals surface area contributed by atoms with Crippen molar-refractivity contribution < 1.29 is 9.53 Å². The van der Waals surface area contributed by atoms with Crippen molar-refractivity contribution in [2.75, 3.05) is 11.9 Å². The number of unbranched alkanes of at least 4 members (excludes halogenated alkanes) is 1. The number of anilines is 1. The molecule has 0 aliphatic rings. The summed E-state index contributed by atoms with van der Waals surface area (Å²) in [6.07, 6.45) is 4.04. The van der Waals surface area contributed by atoms with E-state index in [0.29, 0.717) is 17.7 Å². The molecular formula is C22H26N2O2S. The second kappa shape index (κ2) is 9.51. The summed E-state index contributed by atoms with van der Waals surface area (Å²) in [4.78, 5) is 16.6. The van der Waals surface area contributed by atoms with Crippen LogP contribution in [0, 0.1) is 5.92 Å². The zero-order valence-electron chi connectivity index (χ0n) is 15.9. The molecule has 1 heterocycles. The third-order valence-electron chi connectivity index (χ3n) is 4.75. The number of ether oxygens (including phenoxy) is 1. The molecule has 0 saturated heterocycles.